The molecule has 0 aromatic heterocycles. The predicted molar refractivity (Wildman–Crippen MR) is 86.7 cm³/mol. The van der Waals surface area contributed by atoms with Crippen LogP contribution in [0.1, 0.15) is 46.5 Å². The third-order valence-corrected chi connectivity index (χ3v) is 4.42. The third-order valence-electron chi connectivity index (χ3n) is 4.42. The molecule has 1 saturated carbocycles. The van der Waals surface area contributed by atoms with Crippen LogP contribution in [0.4, 0.5) is 0 Å². The van der Waals surface area contributed by atoms with Gasteiger partial charge < -0.3 is 19.5 Å². The highest BCUT2D eigenvalue weighted by atomic mass is 16.5. The van der Waals surface area contributed by atoms with E-state index in [9.17, 15) is 0 Å². The summed E-state index contributed by atoms with van der Waals surface area (Å²) >= 11 is 0. The summed E-state index contributed by atoms with van der Waals surface area (Å²) in [4.78, 5) is 0. The fourth-order valence-electron chi connectivity index (χ4n) is 3.02. The molecule has 0 radical (unpaired) electrons. The number of methoxy groups -OCH3 is 1. The Bertz CT molecular complexity index is 248. The van der Waals surface area contributed by atoms with E-state index in [1.54, 1.807) is 7.11 Å². The summed E-state index contributed by atoms with van der Waals surface area (Å²) < 4.78 is 16.6. The second kappa shape index (κ2) is 11.4. The first kappa shape index (κ1) is 18.9. The summed E-state index contributed by atoms with van der Waals surface area (Å²) in [6.07, 6.45) is 5.25. The molecule has 0 spiro atoms. The average molecular weight is 301 g/mol. The van der Waals surface area contributed by atoms with Crippen molar-refractivity contribution in [1.29, 1.82) is 0 Å². The van der Waals surface area contributed by atoms with Gasteiger partial charge >= 0.3 is 0 Å². The minimum Gasteiger partial charge on any atom is -0.382 e. The Morgan fingerprint density at radius 3 is 2.52 bits per heavy atom. The number of ether oxygens (including phenoxy) is 3. The van der Waals surface area contributed by atoms with Gasteiger partial charge in [0.15, 0.2) is 0 Å². The second-order valence-electron chi connectivity index (χ2n) is 6.39. The molecule has 0 aromatic rings. The van der Waals surface area contributed by atoms with Crippen LogP contribution in [0.15, 0.2) is 0 Å². The van der Waals surface area contributed by atoms with Crippen LogP contribution in [0.2, 0.25) is 0 Å². The van der Waals surface area contributed by atoms with E-state index in [2.05, 4.69) is 26.1 Å². The summed E-state index contributed by atoms with van der Waals surface area (Å²) in [6.45, 7) is 10.6. The van der Waals surface area contributed by atoms with Gasteiger partial charge in [-0.25, -0.2) is 0 Å². The van der Waals surface area contributed by atoms with Crippen LogP contribution in [0.25, 0.3) is 0 Å². The van der Waals surface area contributed by atoms with E-state index < -0.39 is 0 Å². The molecular weight excluding hydrogens is 266 g/mol. The first-order chi connectivity index (χ1) is 10.2. The maximum absolute atomic E-state index is 6.12. The molecule has 4 nitrogen and oxygen atoms in total. The first-order valence-corrected chi connectivity index (χ1v) is 8.60. The Balaban J connectivity index is 2.31. The van der Waals surface area contributed by atoms with E-state index >= 15 is 0 Å². The van der Waals surface area contributed by atoms with Crippen LogP contribution in [0.5, 0.6) is 0 Å². The first-order valence-electron chi connectivity index (χ1n) is 8.60. The van der Waals surface area contributed by atoms with Crippen molar-refractivity contribution in [3.05, 3.63) is 0 Å². The van der Waals surface area contributed by atoms with Crippen molar-refractivity contribution in [1.82, 2.24) is 5.32 Å². The van der Waals surface area contributed by atoms with Gasteiger partial charge in [-0.05, 0) is 44.1 Å². The van der Waals surface area contributed by atoms with Crippen molar-refractivity contribution in [2.24, 2.45) is 11.8 Å². The van der Waals surface area contributed by atoms with Gasteiger partial charge in [-0.15, -0.1) is 0 Å². The fraction of sp³-hybridized carbons (Fsp3) is 1.00. The molecular formula is C17H35NO3. The summed E-state index contributed by atoms with van der Waals surface area (Å²) in [5.74, 6) is 1.55. The molecule has 4 heteroatoms. The highest BCUT2D eigenvalue weighted by Crippen LogP contribution is 2.31. The zero-order valence-corrected chi connectivity index (χ0v) is 14.4. The van der Waals surface area contributed by atoms with Crippen molar-refractivity contribution in [2.45, 2.75) is 58.6 Å². The van der Waals surface area contributed by atoms with Gasteiger partial charge in [0, 0.05) is 13.2 Å². The minimum atomic E-state index is 0.337. The molecule has 0 heterocycles. The normalized spacial score (nSPS) is 26.4. The Kier molecular flexibility index (Phi) is 10.3. The lowest BCUT2D eigenvalue weighted by Crippen LogP contribution is -2.47. The summed E-state index contributed by atoms with van der Waals surface area (Å²) in [6, 6.07) is 0.513. The molecule has 0 bridgehead atoms. The molecule has 1 aliphatic carbocycles. The Hall–Kier alpha value is -0.160. The highest BCUT2D eigenvalue weighted by molar-refractivity contribution is 4.86. The SMILES string of the molecule is CCCNC1CCC(C(C)C)CC1OCCOCCOC. The maximum atomic E-state index is 6.12. The lowest BCUT2D eigenvalue weighted by atomic mass is 9.78. The Labute approximate surface area is 130 Å². The van der Waals surface area contributed by atoms with Crippen molar-refractivity contribution in [3.63, 3.8) is 0 Å². The van der Waals surface area contributed by atoms with Crippen molar-refractivity contribution < 1.29 is 14.2 Å². The number of hydrogen-bond acceptors (Lipinski definition) is 4. The number of hydrogen-bond donors (Lipinski definition) is 1. The predicted octanol–water partition coefficient (Wildman–Crippen LogP) is 2.86. The zero-order chi connectivity index (χ0) is 15.5. The van der Waals surface area contributed by atoms with Gasteiger partial charge in [0.25, 0.3) is 0 Å². The van der Waals surface area contributed by atoms with Gasteiger partial charge in [0.05, 0.1) is 32.5 Å². The summed E-state index contributed by atoms with van der Waals surface area (Å²) in [5.41, 5.74) is 0. The van der Waals surface area contributed by atoms with E-state index in [0.717, 1.165) is 18.4 Å². The maximum Gasteiger partial charge on any atom is 0.0731 e. The average Bonchev–Trinajstić information content (AvgIpc) is 2.49. The molecule has 126 valence electrons. The van der Waals surface area contributed by atoms with Gasteiger partial charge in [-0.2, -0.15) is 0 Å². The molecule has 0 aliphatic heterocycles. The van der Waals surface area contributed by atoms with Crippen LogP contribution in [0.3, 0.4) is 0 Å². The van der Waals surface area contributed by atoms with Crippen LogP contribution >= 0.6 is 0 Å². The molecule has 21 heavy (non-hydrogen) atoms. The van der Waals surface area contributed by atoms with Crippen molar-refractivity contribution in [2.75, 3.05) is 40.1 Å². The van der Waals surface area contributed by atoms with Gasteiger partial charge in [0.2, 0.25) is 0 Å². The monoisotopic (exact) mass is 301 g/mol. The van der Waals surface area contributed by atoms with E-state index in [-0.39, 0.29) is 0 Å². The van der Waals surface area contributed by atoms with Gasteiger partial charge in [-0.3, -0.25) is 0 Å². The Morgan fingerprint density at radius 1 is 1.10 bits per heavy atom. The molecule has 1 rings (SSSR count). The van der Waals surface area contributed by atoms with Gasteiger partial charge in [0.1, 0.15) is 0 Å². The van der Waals surface area contributed by atoms with Crippen LogP contribution in [-0.2, 0) is 14.2 Å². The fourth-order valence-corrected chi connectivity index (χ4v) is 3.02. The molecule has 0 saturated heterocycles. The van der Waals surface area contributed by atoms with E-state index in [1.165, 1.54) is 25.7 Å². The molecule has 0 aromatic carbocycles. The number of nitrogens with one attached hydrogen (secondary N) is 1. The quantitative estimate of drug-likeness (QED) is 0.596. The smallest absolute Gasteiger partial charge is 0.0731 e. The standard InChI is InChI=1S/C17H35NO3/c1-5-8-18-16-7-6-15(14(2)3)13-17(16)21-12-11-20-10-9-19-4/h14-18H,5-13H2,1-4H3. The number of rotatable bonds is 11. The second-order valence-corrected chi connectivity index (χ2v) is 6.39. The molecule has 3 atom stereocenters. The van der Waals surface area contributed by atoms with E-state index in [4.69, 9.17) is 14.2 Å². The van der Waals surface area contributed by atoms with E-state index in [1.807, 2.05) is 0 Å². The lowest BCUT2D eigenvalue weighted by Gasteiger charge is -2.38. The summed E-state index contributed by atoms with van der Waals surface area (Å²) in [5, 5.41) is 3.66. The molecule has 1 fully saturated rings. The van der Waals surface area contributed by atoms with Crippen LogP contribution in [0, 0.1) is 11.8 Å². The molecule has 1 aliphatic rings. The third kappa shape index (κ3) is 7.59. The highest BCUT2D eigenvalue weighted by Gasteiger charge is 2.31. The minimum absolute atomic E-state index is 0.337. The van der Waals surface area contributed by atoms with Crippen molar-refractivity contribution >= 4 is 0 Å². The topological polar surface area (TPSA) is 39.7 Å². The molecule has 0 amide bonds. The largest absolute Gasteiger partial charge is 0.382 e. The van der Waals surface area contributed by atoms with Crippen LogP contribution < -0.4 is 5.32 Å². The lowest BCUT2D eigenvalue weighted by molar-refractivity contribution is -0.0447. The summed E-state index contributed by atoms with van der Waals surface area (Å²) in [7, 11) is 1.69. The Morgan fingerprint density at radius 2 is 1.86 bits per heavy atom. The molecule has 1 N–H and O–H groups in total. The van der Waals surface area contributed by atoms with Crippen LogP contribution in [-0.4, -0.2) is 52.2 Å². The van der Waals surface area contributed by atoms with Gasteiger partial charge in [-0.1, -0.05) is 20.8 Å². The molecule has 3 unspecified atom stereocenters. The van der Waals surface area contributed by atoms with Crippen molar-refractivity contribution in [3.8, 4) is 0 Å². The van der Waals surface area contributed by atoms with E-state index in [0.29, 0.717) is 38.6 Å². The zero-order valence-electron chi connectivity index (χ0n) is 14.4.